The summed E-state index contributed by atoms with van der Waals surface area (Å²) in [5.74, 6) is 0.313. The molecule has 0 saturated carbocycles. The van der Waals surface area contributed by atoms with Crippen molar-refractivity contribution in [3.05, 3.63) is 0 Å². The Hall–Kier alpha value is -0.710. The minimum atomic E-state index is -0.533. The average molecular weight is 218 g/mol. The van der Waals surface area contributed by atoms with Crippen LogP contribution >= 0.6 is 12.6 Å². The van der Waals surface area contributed by atoms with E-state index >= 15 is 0 Å². The van der Waals surface area contributed by atoms with E-state index in [2.05, 4.69) is 23.3 Å². The number of thiol groups is 1. The molecule has 14 heavy (non-hydrogen) atoms. The molecule has 0 fully saturated rings. The van der Waals surface area contributed by atoms with Gasteiger partial charge in [0.15, 0.2) is 0 Å². The van der Waals surface area contributed by atoms with Crippen LogP contribution in [0.5, 0.6) is 0 Å². The number of hydrogen-bond donors (Lipinski definition) is 3. The molecule has 0 aliphatic carbocycles. The minimum Gasteiger partial charge on any atom is -0.354 e. The SMILES string of the molecule is CC(=O)NC(CS)C(=O)NCC(C)C. The van der Waals surface area contributed by atoms with Gasteiger partial charge < -0.3 is 10.6 Å². The molecule has 82 valence electrons. The molecule has 1 atom stereocenters. The van der Waals surface area contributed by atoms with Crippen molar-refractivity contribution in [1.82, 2.24) is 10.6 Å². The number of carbonyl (C=O) groups excluding carboxylic acids is 2. The second kappa shape index (κ2) is 6.70. The maximum Gasteiger partial charge on any atom is 0.243 e. The van der Waals surface area contributed by atoms with Crippen LogP contribution in [0.3, 0.4) is 0 Å². The van der Waals surface area contributed by atoms with Crippen molar-refractivity contribution in [2.75, 3.05) is 12.3 Å². The van der Waals surface area contributed by atoms with E-state index in [1.165, 1.54) is 6.92 Å². The molecule has 0 saturated heterocycles. The first-order chi connectivity index (χ1) is 6.47. The third-order valence-electron chi connectivity index (χ3n) is 1.56. The van der Waals surface area contributed by atoms with Gasteiger partial charge in [-0.05, 0) is 5.92 Å². The maximum atomic E-state index is 11.4. The van der Waals surface area contributed by atoms with Crippen molar-refractivity contribution in [1.29, 1.82) is 0 Å². The molecule has 0 aromatic carbocycles. The first kappa shape index (κ1) is 13.3. The Bertz CT molecular complexity index is 207. The molecule has 0 spiro atoms. The Labute approximate surface area is 90.2 Å². The van der Waals surface area contributed by atoms with Crippen LogP contribution in [0.1, 0.15) is 20.8 Å². The highest BCUT2D eigenvalue weighted by Crippen LogP contribution is 1.91. The van der Waals surface area contributed by atoms with E-state index in [-0.39, 0.29) is 11.8 Å². The summed E-state index contributed by atoms with van der Waals surface area (Å²) in [5, 5.41) is 5.26. The third-order valence-corrected chi connectivity index (χ3v) is 1.93. The summed E-state index contributed by atoms with van der Waals surface area (Å²) in [6, 6.07) is -0.533. The number of carbonyl (C=O) groups is 2. The predicted octanol–water partition coefficient (Wildman–Crippen LogP) is 0.193. The lowest BCUT2D eigenvalue weighted by molar-refractivity contribution is -0.127. The lowest BCUT2D eigenvalue weighted by Gasteiger charge is -2.16. The fourth-order valence-electron chi connectivity index (χ4n) is 0.867. The quantitative estimate of drug-likeness (QED) is 0.577. The molecule has 0 aromatic heterocycles. The van der Waals surface area contributed by atoms with Gasteiger partial charge in [-0.15, -0.1) is 0 Å². The summed E-state index contributed by atoms with van der Waals surface area (Å²) >= 11 is 4.00. The van der Waals surface area contributed by atoms with Crippen LogP contribution in [0, 0.1) is 5.92 Å². The van der Waals surface area contributed by atoms with Gasteiger partial charge in [0, 0.05) is 19.2 Å². The van der Waals surface area contributed by atoms with Gasteiger partial charge in [0.05, 0.1) is 0 Å². The Morgan fingerprint density at radius 2 is 1.93 bits per heavy atom. The molecule has 2 amide bonds. The van der Waals surface area contributed by atoms with Crippen molar-refractivity contribution < 1.29 is 9.59 Å². The van der Waals surface area contributed by atoms with Crippen molar-refractivity contribution >= 4 is 24.4 Å². The van der Waals surface area contributed by atoms with Gasteiger partial charge in [0.2, 0.25) is 11.8 Å². The lowest BCUT2D eigenvalue weighted by atomic mass is 10.2. The van der Waals surface area contributed by atoms with E-state index in [0.29, 0.717) is 18.2 Å². The number of nitrogens with one attached hydrogen (secondary N) is 2. The topological polar surface area (TPSA) is 58.2 Å². The van der Waals surface area contributed by atoms with Gasteiger partial charge in [-0.25, -0.2) is 0 Å². The Balaban J connectivity index is 3.98. The molecular formula is C9H18N2O2S. The van der Waals surface area contributed by atoms with E-state index < -0.39 is 6.04 Å². The summed E-state index contributed by atoms with van der Waals surface area (Å²) in [6.45, 7) is 6.01. The van der Waals surface area contributed by atoms with Crippen molar-refractivity contribution in [3.8, 4) is 0 Å². The fourth-order valence-corrected chi connectivity index (χ4v) is 1.12. The third kappa shape index (κ3) is 5.85. The molecule has 0 aromatic rings. The molecule has 0 bridgehead atoms. The van der Waals surface area contributed by atoms with E-state index in [4.69, 9.17) is 0 Å². The van der Waals surface area contributed by atoms with Crippen LogP contribution < -0.4 is 10.6 Å². The van der Waals surface area contributed by atoms with Gasteiger partial charge >= 0.3 is 0 Å². The molecule has 1 unspecified atom stereocenters. The van der Waals surface area contributed by atoms with E-state index in [0.717, 1.165) is 0 Å². The van der Waals surface area contributed by atoms with Crippen LogP contribution in [0.15, 0.2) is 0 Å². The molecule has 4 nitrogen and oxygen atoms in total. The summed E-state index contributed by atoms with van der Waals surface area (Å²) in [7, 11) is 0. The maximum absolute atomic E-state index is 11.4. The van der Waals surface area contributed by atoms with Crippen molar-refractivity contribution in [3.63, 3.8) is 0 Å². The molecule has 0 heterocycles. The van der Waals surface area contributed by atoms with Crippen LogP contribution in [0.4, 0.5) is 0 Å². The van der Waals surface area contributed by atoms with Gasteiger partial charge in [0.1, 0.15) is 6.04 Å². The van der Waals surface area contributed by atoms with Crippen LogP contribution in [0.2, 0.25) is 0 Å². The molecule has 0 aliphatic heterocycles. The van der Waals surface area contributed by atoms with Crippen molar-refractivity contribution in [2.24, 2.45) is 5.92 Å². The zero-order chi connectivity index (χ0) is 11.1. The first-order valence-electron chi connectivity index (χ1n) is 4.63. The fraction of sp³-hybridized carbons (Fsp3) is 0.778. The Morgan fingerprint density at radius 3 is 2.29 bits per heavy atom. The molecule has 0 radical (unpaired) electrons. The lowest BCUT2D eigenvalue weighted by Crippen LogP contribution is -2.48. The smallest absolute Gasteiger partial charge is 0.243 e. The second-order valence-corrected chi connectivity index (χ2v) is 3.94. The molecular weight excluding hydrogens is 200 g/mol. The predicted molar refractivity (Wildman–Crippen MR) is 59.3 cm³/mol. The first-order valence-corrected chi connectivity index (χ1v) is 5.26. The van der Waals surface area contributed by atoms with E-state index in [9.17, 15) is 9.59 Å². The molecule has 0 rings (SSSR count). The second-order valence-electron chi connectivity index (χ2n) is 3.57. The minimum absolute atomic E-state index is 0.177. The number of rotatable bonds is 5. The van der Waals surface area contributed by atoms with E-state index in [1.54, 1.807) is 0 Å². The highest BCUT2D eigenvalue weighted by molar-refractivity contribution is 7.80. The summed E-state index contributed by atoms with van der Waals surface area (Å²) in [5.41, 5.74) is 0. The zero-order valence-corrected chi connectivity index (χ0v) is 9.73. The van der Waals surface area contributed by atoms with Crippen LogP contribution in [-0.2, 0) is 9.59 Å². The Kier molecular flexibility index (Phi) is 6.36. The normalized spacial score (nSPS) is 12.4. The van der Waals surface area contributed by atoms with Crippen molar-refractivity contribution in [2.45, 2.75) is 26.8 Å². The summed E-state index contributed by atoms with van der Waals surface area (Å²) in [4.78, 5) is 22.2. The van der Waals surface area contributed by atoms with E-state index in [1.807, 2.05) is 13.8 Å². The highest BCUT2D eigenvalue weighted by Gasteiger charge is 2.16. The van der Waals surface area contributed by atoms with Gasteiger partial charge in [-0.2, -0.15) is 12.6 Å². The van der Waals surface area contributed by atoms with Gasteiger partial charge in [-0.3, -0.25) is 9.59 Å². The zero-order valence-electron chi connectivity index (χ0n) is 8.83. The summed E-state index contributed by atoms with van der Waals surface area (Å²) < 4.78 is 0. The number of hydrogen-bond acceptors (Lipinski definition) is 3. The molecule has 0 aliphatic rings. The number of amides is 2. The standard InChI is InChI=1S/C9H18N2O2S/c1-6(2)4-10-9(13)8(5-14)11-7(3)12/h6,8,14H,4-5H2,1-3H3,(H,10,13)(H,11,12). The Morgan fingerprint density at radius 1 is 1.36 bits per heavy atom. The van der Waals surface area contributed by atoms with Crippen LogP contribution in [-0.4, -0.2) is 30.2 Å². The molecule has 5 heteroatoms. The van der Waals surface area contributed by atoms with Crippen LogP contribution in [0.25, 0.3) is 0 Å². The monoisotopic (exact) mass is 218 g/mol. The van der Waals surface area contributed by atoms with Gasteiger partial charge in [-0.1, -0.05) is 13.8 Å². The molecule has 2 N–H and O–H groups in total. The summed E-state index contributed by atoms with van der Waals surface area (Å²) in [6.07, 6.45) is 0. The average Bonchev–Trinajstić information content (AvgIpc) is 2.09. The largest absolute Gasteiger partial charge is 0.354 e. The van der Waals surface area contributed by atoms with Gasteiger partial charge in [0.25, 0.3) is 0 Å². The highest BCUT2D eigenvalue weighted by atomic mass is 32.1.